The van der Waals surface area contributed by atoms with Crippen LogP contribution < -0.4 is 10.3 Å². The zero-order valence-electron chi connectivity index (χ0n) is 13.0. The largest absolute Gasteiger partial charge is 0.494 e. The predicted molar refractivity (Wildman–Crippen MR) is 86.0 cm³/mol. The summed E-state index contributed by atoms with van der Waals surface area (Å²) in [6, 6.07) is 13.4. The Labute approximate surface area is 126 Å². The van der Waals surface area contributed by atoms with Gasteiger partial charge < -0.3 is 9.30 Å². The van der Waals surface area contributed by atoms with Crippen molar-refractivity contribution in [2.45, 2.75) is 39.2 Å². The Morgan fingerprint density at radius 2 is 1.76 bits per heavy atom. The summed E-state index contributed by atoms with van der Waals surface area (Å²) in [5.41, 5.74) is 1.49. The normalized spacial score (nSPS) is 11.4. The maximum atomic E-state index is 11.5. The van der Waals surface area contributed by atoms with Crippen LogP contribution in [0.2, 0.25) is 0 Å². The second-order valence-electron chi connectivity index (χ2n) is 6.21. The third-order valence-corrected chi connectivity index (χ3v) is 3.43. The number of nitrogens with zero attached hydrogens (tertiary/aromatic N) is 1. The fraction of sp³-hybridized carbons (Fsp3) is 0.389. The summed E-state index contributed by atoms with van der Waals surface area (Å²) < 4.78 is 7.42. The van der Waals surface area contributed by atoms with Gasteiger partial charge in [-0.25, -0.2) is 0 Å². The van der Waals surface area contributed by atoms with E-state index in [0.717, 1.165) is 12.2 Å². The molecule has 3 nitrogen and oxygen atoms in total. The first-order valence-electron chi connectivity index (χ1n) is 7.35. The first-order chi connectivity index (χ1) is 9.97. The molecule has 0 N–H and O–H groups in total. The SMILES string of the molecule is CC(C)(C)c1ccc(OCCCn2ccccc2=O)cc1. The van der Waals surface area contributed by atoms with E-state index in [4.69, 9.17) is 4.74 Å². The highest BCUT2D eigenvalue weighted by Gasteiger charge is 2.12. The van der Waals surface area contributed by atoms with Crippen molar-refractivity contribution in [1.29, 1.82) is 0 Å². The van der Waals surface area contributed by atoms with Gasteiger partial charge in [-0.3, -0.25) is 4.79 Å². The van der Waals surface area contributed by atoms with E-state index < -0.39 is 0 Å². The van der Waals surface area contributed by atoms with Gasteiger partial charge in [0.1, 0.15) is 5.75 Å². The molecular weight excluding hydrogens is 262 g/mol. The van der Waals surface area contributed by atoms with E-state index in [0.29, 0.717) is 13.2 Å². The van der Waals surface area contributed by atoms with Gasteiger partial charge in [0.2, 0.25) is 5.56 Å². The molecule has 112 valence electrons. The lowest BCUT2D eigenvalue weighted by atomic mass is 9.87. The van der Waals surface area contributed by atoms with Crippen LogP contribution in [0.1, 0.15) is 32.8 Å². The predicted octanol–water partition coefficient (Wildman–Crippen LogP) is 3.61. The minimum Gasteiger partial charge on any atom is -0.494 e. The topological polar surface area (TPSA) is 31.2 Å². The highest BCUT2D eigenvalue weighted by Crippen LogP contribution is 2.24. The molecule has 0 atom stereocenters. The van der Waals surface area contributed by atoms with Crippen LogP contribution in [0, 0.1) is 0 Å². The standard InChI is InChI=1S/C18H23NO2/c1-18(2,3)15-8-10-16(11-9-15)21-14-6-13-19-12-5-4-7-17(19)20/h4-5,7-12H,6,13-14H2,1-3H3. The lowest BCUT2D eigenvalue weighted by Crippen LogP contribution is -2.18. The van der Waals surface area contributed by atoms with Gasteiger partial charge >= 0.3 is 0 Å². The van der Waals surface area contributed by atoms with Crippen LogP contribution in [0.25, 0.3) is 0 Å². The van der Waals surface area contributed by atoms with Crippen LogP contribution in [0.15, 0.2) is 53.5 Å². The van der Waals surface area contributed by atoms with Crippen molar-refractivity contribution in [2.24, 2.45) is 0 Å². The number of hydrogen-bond acceptors (Lipinski definition) is 2. The second-order valence-corrected chi connectivity index (χ2v) is 6.21. The summed E-state index contributed by atoms with van der Waals surface area (Å²) in [6.07, 6.45) is 2.62. The molecule has 0 aliphatic rings. The van der Waals surface area contributed by atoms with E-state index >= 15 is 0 Å². The monoisotopic (exact) mass is 285 g/mol. The summed E-state index contributed by atoms with van der Waals surface area (Å²) in [4.78, 5) is 11.5. The van der Waals surface area contributed by atoms with Crippen LogP contribution >= 0.6 is 0 Å². The molecule has 0 amide bonds. The van der Waals surface area contributed by atoms with Gasteiger partial charge in [0.25, 0.3) is 0 Å². The summed E-state index contributed by atoms with van der Waals surface area (Å²) in [6.45, 7) is 7.87. The fourth-order valence-electron chi connectivity index (χ4n) is 2.12. The van der Waals surface area contributed by atoms with Gasteiger partial charge in [0.05, 0.1) is 6.61 Å². The molecule has 0 bridgehead atoms. The first kappa shape index (κ1) is 15.4. The zero-order valence-corrected chi connectivity index (χ0v) is 13.0. The minimum absolute atomic E-state index is 0.0343. The molecule has 2 rings (SSSR count). The van der Waals surface area contributed by atoms with Crippen molar-refractivity contribution in [3.63, 3.8) is 0 Å². The van der Waals surface area contributed by atoms with Gasteiger partial charge in [-0.05, 0) is 35.6 Å². The number of benzene rings is 1. The van der Waals surface area contributed by atoms with Crippen LogP contribution in [0.5, 0.6) is 5.75 Å². The summed E-state index contributed by atoms with van der Waals surface area (Å²) in [7, 11) is 0. The number of rotatable bonds is 5. The molecule has 0 radical (unpaired) electrons. The highest BCUT2D eigenvalue weighted by molar-refractivity contribution is 5.31. The molecule has 21 heavy (non-hydrogen) atoms. The van der Waals surface area contributed by atoms with Gasteiger partial charge in [-0.1, -0.05) is 39.0 Å². The quantitative estimate of drug-likeness (QED) is 0.786. The average molecular weight is 285 g/mol. The summed E-state index contributed by atoms with van der Waals surface area (Å²) >= 11 is 0. The van der Waals surface area contributed by atoms with E-state index in [1.54, 1.807) is 22.9 Å². The van der Waals surface area contributed by atoms with Crippen molar-refractivity contribution in [1.82, 2.24) is 4.57 Å². The Hall–Kier alpha value is -2.03. The number of pyridine rings is 1. The molecule has 2 aromatic rings. The van der Waals surface area contributed by atoms with Gasteiger partial charge in [0, 0.05) is 18.8 Å². The summed E-state index contributed by atoms with van der Waals surface area (Å²) in [5.74, 6) is 0.878. The average Bonchev–Trinajstić information content (AvgIpc) is 2.45. The van der Waals surface area contributed by atoms with Crippen molar-refractivity contribution in [3.8, 4) is 5.75 Å². The van der Waals surface area contributed by atoms with Gasteiger partial charge in [0.15, 0.2) is 0 Å². The maximum absolute atomic E-state index is 11.5. The van der Waals surface area contributed by atoms with E-state index in [-0.39, 0.29) is 11.0 Å². The molecule has 3 heteroatoms. The smallest absolute Gasteiger partial charge is 0.250 e. The molecule has 0 fully saturated rings. The lowest BCUT2D eigenvalue weighted by molar-refractivity contribution is 0.300. The Kier molecular flexibility index (Phi) is 4.84. The number of ether oxygens (including phenoxy) is 1. The van der Waals surface area contributed by atoms with E-state index in [1.165, 1.54) is 5.56 Å². The Morgan fingerprint density at radius 1 is 1.05 bits per heavy atom. The van der Waals surface area contributed by atoms with Crippen LogP contribution in [-0.2, 0) is 12.0 Å². The molecule has 0 unspecified atom stereocenters. The maximum Gasteiger partial charge on any atom is 0.250 e. The first-order valence-corrected chi connectivity index (χ1v) is 7.35. The van der Waals surface area contributed by atoms with Crippen molar-refractivity contribution in [2.75, 3.05) is 6.61 Å². The fourth-order valence-corrected chi connectivity index (χ4v) is 2.12. The molecule has 0 saturated carbocycles. The Morgan fingerprint density at radius 3 is 2.38 bits per heavy atom. The van der Waals surface area contributed by atoms with E-state index in [9.17, 15) is 4.79 Å². The van der Waals surface area contributed by atoms with Crippen molar-refractivity contribution < 1.29 is 4.74 Å². The van der Waals surface area contributed by atoms with E-state index in [1.807, 2.05) is 18.2 Å². The third-order valence-electron chi connectivity index (χ3n) is 3.43. The summed E-state index contributed by atoms with van der Waals surface area (Å²) in [5, 5.41) is 0. The molecule has 0 aliphatic carbocycles. The number of aromatic nitrogens is 1. The third kappa shape index (κ3) is 4.48. The molecule has 0 aliphatic heterocycles. The van der Waals surface area contributed by atoms with Gasteiger partial charge in [-0.2, -0.15) is 0 Å². The lowest BCUT2D eigenvalue weighted by Gasteiger charge is -2.19. The van der Waals surface area contributed by atoms with Crippen LogP contribution in [-0.4, -0.2) is 11.2 Å². The van der Waals surface area contributed by atoms with Gasteiger partial charge in [-0.15, -0.1) is 0 Å². The Balaban J connectivity index is 1.81. The van der Waals surface area contributed by atoms with Crippen LogP contribution in [0.3, 0.4) is 0 Å². The van der Waals surface area contributed by atoms with Crippen molar-refractivity contribution >= 4 is 0 Å². The molecule has 0 spiro atoms. The number of aryl methyl sites for hydroxylation is 1. The Bertz CT molecular complexity index is 621. The molecule has 1 heterocycles. The molecule has 1 aromatic carbocycles. The molecule has 1 aromatic heterocycles. The minimum atomic E-state index is 0.0343. The molecular formula is C18H23NO2. The highest BCUT2D eigenvalue weighted by atomic mass is 16.5. The van der Waals surface area contributed by atoms with Crippen molar-refractivity contribution in [3.05, 3.63) is 64.6 Å². The number of hydrogen-bond donors (Lipinski definition) is 0. The second kappa shape index (κ2) is 6.61. The molecule has 0 saturated heterocycles. The van der Waals surface area contributed by atoms with Crippen LogP contribution in [0.4, 0.5) is 0 Å². The van der Waals surface area contributed by atoms with E-state index in [2.05, 4.69) is 32.9 Å². The zero-order chi connectivity index (χ0) is 15.3.